The van der Waals surface area contributed by atoms with Crippen LogP contribution in [0.2, 0.25) is 10.0 Å². The van der Waals surface area contributed by atoms with Crippen molar-refractivity contribution in [1.82, 2.24) is 9.78 Å². The molecule has 1 N–H and O–H groups in total. The fourth-order valence-electron chi connectivity index (χ4n) is 3.94. The first-order valence-electron chi connectivity index (χ1n) is 8.62. The van der Waals surface area contributed by atoms with E-state index in [2.05, 4.69) is 10.1 Å². The van der Waals surface area contributed by atoms with E-state index in [1.165, 1.54) is 10.7 Å². The van der Waals surface area contributed by atoms with E-state index >= 15 is 0 Å². The van der Waals surface area contributed by atoms with Gasteiger partial charge in [0.2, 0.25) is 0 Å². The number of H-pyrrole nitrogens is 1. The molecule has 140 valence electrons. The molecular weight excluding hydrogens is 401 g/mol. The van der Waals surface area contributed by atoms with Crippen LogP contribution in [0.3, 0.4) is 0 Å². The molecule has 0 bridgehead atoms. The summed E-state index contributed by atoms with van der Waals surface area (Å²) in [6.07, 6.45) is 0. The number of ether oxygens (including phenoxy) is 1. The molecule has 6 nitrogen and oxygen atoms in total. The van der Waals surface area contributed by atoms with Gasteiger partial charge in [0.1, 0.15) is 5.92 Å². The molecule has 2 atom stereocenters. The molecule has 2 aromatic carbocycles. The van der Waals surface area contributed by atoms with E-state index in [1.54, 1.807) is 13.0 Å². The van der Waals surface area contributed by atoms with Gasteiger partial charge in [0, 0.05) is 22.2 Å². The Hall–Kier alpha value is -2.83. The van der Waals surface area contributed by atoms with Crippen molar-refractivity contribution in [2.24, 2.45) is 10.9 Å². The highest BCUT2D eigenvalue weighted by Crippen LogP contribution is 2.49. The second-order valence-electron chi connectivity index (χ2n) is 6.79. The Labute approximate surface area is 169 Å². The van der Waals surface area contributed by atoms with E-state index < -0.39 is 17.8 Å². The number of aromatic nitrogens is 2. The van der Waals surface area contributed by atoms with Gasteiger partial charge in [0.25, 0.3) is 5.56 Å². The molecule has 1 aromatic heterocycles. The summed E-state index contributed by atoms with van der Waals surface area (Å²) in [5, 5.41) is 3.69. The number of rotatable bonds is 1. The first-order valence-corrected chi connectivity index (χ1v) is 9.37. The molecule has 2 aliphatic heterocycles. The number of nitrogens with zero attached hydrogens (tertiary/aromatic N) is 2. The topological polar surface area (TPSA) is 76.4 Å². The van der Waals surface area contributed by atoms with Crippen LogP contribution in [-0.2, 0) is 4.79 Å². The maximum Gasteiger partial charge on any atom is 0.321 e. The number of esters is 1. The van der Waals surface area contributed by atoms with Gasteiger partial charge in [-0.1, -0.05) is 41.4 Å². The van der Waals surface area contributed by atoms with Crippen molar-refractivity contribution < 1.29 is 9.53 Å². The van der Waals surface area contributed by atoms with Crippen LogP contribution < -0.4 is 10.3 Å². The second kappa shape index (κ2) is 6.09. The zero-order valence-corrected chi connectivity index (χ0v) is 16.1. The maximum atomic E-state index is 13.3. The van der Waals surface area contributed by atoms with Gasteiger partial charge in [-0.3, -0.25) is 14.7 Å². The molecule has 2 aliphatic rings. The monoisotopic (exact) mass is 413 g/mol. The number of fused-ring (bicyclic) bond motifs is 5. The second-order valence-corrected chi connectivity index (χ2v) is 7.63. The molecule has 0 aliphatic carbocycles. The quantitative estimate of drug-likeness (QED) is 0.478. The zero-order chi connectivity index (χ0) is 19.6. The van der Waals surface area contributed by atoms with Gasteiger partial charge in [-0.15, -0.1) is 0 Å². The molecule has 28 heavy (non-hydrogen) atoms. The van der Waals surface area contributed by atoms with Crippen LogP contribution in [-0.4, -0.2) is 21.5 Å². The Morgan fingerprint density at radius 2 is 1.86 bits per heavy atom. The Bertz CT molecular complexity index is 1230. The third kappa shape index (κ3) is 2.38. The van der Waals surface area contributed by atoms with Crippen molar-refractivity contribution in [1.29, 1.82) is 0 Å². The van der Waals surface area contributed by atoms with E-state index in [0.717, 1.165) is 0 Å². The lowest BCUT2D eigenvalue weighted by atomic mass is 9.75. The van der Waals surface area contributed by atoms with Crippen LogP contribution in [0.15, 0.2) is 52.3 Å². The van der Waals surface area contributed by atoms with Crippen LogP contribution in [0, 0.1) is 5.92 Å². The van der Waals surface area contributed by atoms with Crippen LogP contribution in [0.1, 0.15) is 24.0 Å². The Kier molecular flexibility index (Phi) is 3.76. The van der Waals surface area contributed by atoms with Crippen molar-refractivity contribution in [3.8, 4) is 11.4 Å². The lowest BCUT2D eigenvalue weighted by Crippen LogP contribution is -2.40. The van der Waals surface area contributed by atoms with E-state index in [0.29, 0.717) is 33.4 Å². The summed E-state index contributed by atoms with van der Waals surface area (Å²) >= 11 is 12.5. The van der Waals surface area contributed by atoms with Crippen LogP contribution in [0.4, 0.5) is 5.82 Å². The van der Waals surface area contributed by atoms with Crippen molar-refractivity contribution in [2.45, 2.75) is 12.8 Å². The molecule has 0 spiro atoms. The summed E-state index contributed by atoms with van der Waals surface area (Å²) in [7, 11) is 0. The number of aliphatic imine (C=N–C) groups is 1. The summed E-state index contributed by atoms with van der Waals surface area (Å²) in [5.74, 6) is -1.11. The molecule has 0 fully saturated rings. The molecule has 3 heterocycles. The Morgan fingerprint density at radius 3 is 2.61 bits per heavy atom. The Balaban J connectivity index is 1.81. The van der Waals surface area contributed by atoms with E-state index in [-0.39, 0.29) is 16.3 Å². The van der Waals surface area contributed by atoms with Crippen LogP contribution in [0.5, 0.6) is 5.75 Å². The van der Waals surface area contributed by atoms with Gasteiger partial charge in [-0.05, 0) is 31.2 Å². The number of hydrogen-bond acceptors (Lipinski definition) is 4. The number of halogens is 2. The summed E-state index contributed by atoms with van der Waals surface area (Å²) < 4.78 is 6.90. The highest BCUT2D eigenvalue weighted by Gasteiger charge is 2.47. The normalized spacial score (nSPS) is 20.0. The molecule has 0 radical (unpaired) electrons. The fourth-order valence-corrected chi connectivity index (χ4v) is 4.49. The molecule has 5 rings (SSSR count). The van der Waals surface area contributed by atoms with E-state index in [9.17, 15) is 9.59 Å². The van der Waals surface area contributed by atoms with Gasteiger partial charge in [-0.2, -0.15) is 0 Å². The molecule has 0 saturated carbocycles. The number of carbonyl (C=O) groups is 1. The van der Waals surface area contributed by atoms with Gasteiger partial charge in [0.05, 0.1) is 16.3 Å². The first kappa shape index (κ1) is 17.3. The lowest BCUT2D eigenvalue weighted by molar-refractivity contribution is -0.138. The predicted molar refractivity (Wildman–Crippen MR) is 107 cm³/mol. The summed E-state index contributed by atoms with van der Waals surface area (Å²) in [5.41, 5.74) is 1.97. The van der Waals surface area contributed by atoms with Crippen molar-refractivity contribution in [2.75, 3.05) is 0 Å². The predicted octanol–water partition coefficient (Wildman–Crippen LogP) is 4.25. The third-order valence-corrected chi connectivity index (χ3v) is 5.63. The third-order valence-electron chi connectivity index (χ3n) is 5.13. The SMILES string of the molecule is CC1=Nc2[nH]n(-c3ccccc3)c(=O)c2C2c3cc(Cl)cc(Cl)c3OC(=O)C12. The average Bonchev–Trinajstić information content (AvgIpc) is 2.99. The highest BCUT2D eigenvalue weighted by molar-refractivity contribution is 6.36. The number of benzene rings is 2. The first-order chi connectivity index (χ1) is 13.5. The molecule has 0 amide bonds. The molecule has 2 unspecified atom stereocenters. The van der Waals surface area contributed by atoms with Crippen LogP contribution in [0.25, 0.3) is 5.69 Å². The van der Waals surface area contributed by atoms with Crippen molar-refractivity contribution >= 4 is 40.7 Å². The molecular formula is C20H13Cl2N3O3. The van der Waals surface area contributed by atoms with Crippen molar-refractivity contribution in [3.63, 3.8) is 0 Å². The smallest absolute Gasteiger partial charge is 0.321 e. The van der Waals surface area contributed by atoms with Gasteiger partial charge in [-0.25, -0.2) is 9.67 Å². The van der Waals surface area contributed by atoms with Gasteiger partial charge in [0.15, 0.2) is 11.6 Å². The molecule has 0 saturated heterocycles. The summed E-state index contributed by atoms with van der Waals surface area (Å²) in [4.78, 5) is 30.5. The minimum Gasteiger partial charge on any atom is -0.424 e. The zero-order valence-electron chi connectivity index (χ0n) is 14.6. The van der Waals surface area contributed by atoms with Crippen LogP contribution >= 0.6 is 23.2 Å². The number of aromatic amines is 1. The minimum absolute atomic E-state index is 0.231. The van der Waals surface area contributed by atoms with E-state index in [1.807, 2.05) is 30.3 Å². The number of nitrogens with one attached hydrogen (secondary N) is 1. The lowest BCUT2D eigenvalue weighted by Gasteiger charge is -2.33. The molecule has 3 aromatic rings. The number of carbonyl (C=O) groups excluding carboxylic acids is 1. The standard InChI is InChI=1S/C20H13Cl2N3O3/c1-9-14-15(12-7-10(21)8-13(22)17(12)28-20(14)27)16-18(23-9)24-25(19(16)26)11-5-3-2-4-6-11/h2-8,14-15,24H,1H3. The highest BCUT2D eigenvalue weighted by atomic mass is 35.5. The molecule has 8 heteroatoms. The minimum atomic E-state index is -0.706. The largest absolute Gasteiger partial charge is 0.424 e. The van der Waals surface area contributed by atoms with Gasteiger partial charge >= 0.3 is 5.97 Å². The number of para-hydroxylation sites is 1. The number of hydrogen-bond donors (Lipinski definition) is 1. The van der Waals surface area contributed by atoms with E-state index in [4.69, 9.17) is 27.9 Å². The van der Waals surface area contributed by atoms with Gasteiger partial charge < -0.3 is 4.74 Å². The maximum absolute atomic E-state index is 13.3. The summed E-state index contributed by atoms with van der Waals surface area (Å²) in [6.45, 7) is 1.75. The van der Waals surface area contributed by atoms with Crippen molar-refractivity contribution in [3.05, 3.63) is 74.0 Å². The summed E-state index contributed by atoms with van der Waals surface area (Å²) in [6, 6.07) is 12.4. The Morgan fingerprint density at radius 1 is 1.11 bits per heavy atom. The average molecular weight is 414 g/mol. The fraction of sp³-hybridized carbons (Fsp3) is 0.150.